The summed E-state index contributed by atoms with van der Waals surface area (Å²) < 4.78 is 0. The van der Waals surface area contributed by atoms with Crippen LogP contribution in [0.2, 0.25) is 0 Å². The van der Waals surface area contributed by atoms with Gasteiger partial charge in [-0.05, 0) is 35.8 Å². The van der Waals surface area contributed by atoms with Crippen molar-refractivity contribution >= 4 is 48.9 Å². The second-order valence-electron chi connectivity index (χ2n) is 5.76. The van der Waals surface area contributed by atoms with E-state index in [-0.39, 0.29) is 60.4 Å². The van der Waals surface area contributed by atoms with Gasteiger partial charge in [0.15, 0.2) is 0 Å². The molecular weight excluding hydrogens is 410 g/mol. The number of benzene rings is 2. The first-order valence-corrected chi connectivity index (χ1v) is 8.01. The molecule has 0 aliphatic heterocycles. The normalized spacial score (nSPS) is 12.3. The minimum absolute atomic E-state index is 0. The van der Waals surface area contributed by atoms with E-state index in [0.29, 0.717) is 11.8 Å². The Morgan fingerprint density at radius 2 is 0.913 bits per heavy atom. The average Bonchev–Trinajstić information content (AvgIpc) is 2.55. The molecule has 2 aromatic carbocycles. The van der Waals surface area contributed by atoms with Gasteiger partial charge in [0.05, 0.1) is 0 Å². The van der Waals surface area contributed by atoms with Crippen LogP contribution in [0.25, 0.3) is 0 Å². The Morgan fingerprint density at radius 1 is 0.652 bits per heavy atom. The van der Waals surface area contributed by atoms with E-state index in [1.165, 1.54) is 11.1 Å². The van der Waals surface area contributed by atoms with Gasteiger partial charge in [-0.25, -0.2) is 0 Å². The molecule has 0 amide bonds. The second kappa shape index (κ2) is 12.0. The van der Waals surface area contributed by atoms with E-state index in [9.17, 15) is 10.2 Å². The molecule has 0 N–H and O–H groups in total. The van der Waals surface area contributed by atoms with Gasteiger partial charge in [-0.2, -0.15) is 0 Å². The molecular formula is C20H26BaO2. The van der Waals surface area contributed by atoms with Crippen LogP contribution in [0.4, 0.5) is 0 Å². The van der Waals surface area contributed by atoms with Gasteiger partial charge in [0.25, 0.3) is 0 Å². The van der Waals surface area contributed by atoms with Gasteiger partial charge in [0, 0.05) is 0 Å². The van der Waals surface area contributed by atoms with Crippen molar-refractivity contribution in [3.8, 4) is 11.5 Å². The zero-order chi connectivity index (χ0) is 16.5. The van der Waals surface area contributed by atoms with E-state index in [4.69, 9.17) is 0 Å². The molecule has 0 aliphatic carbocycles. The van der Waals surface area contributed by atoms with Crippen LogP contribution in [0.15, 0.2) is 48.5 Å². The Bertz CT molecular complexity index is 483. The van der Waals surface area contributed by atoms with Gasteiger partial charge < -0.3 is 10.2 Å². The Hall–Kier alpha value is -0.389. The minimum atomic E-state index is 0. The van der Waals surface area contributed by atoms with Gasteiger partial charge in [-0.1, -0.05) is 76.2 Å². The molecule has 0 aliphatic rings. The van der Waals surface area contributed by atoms with Gasteiger partial charge in [-0.3, -0.25) is 0 Å². The molecule has 2 nitrogen and oxygen atoms in total. The molecule has 0 fully saturated rings. The van der Waals surface area contributed by atoms with Crippen LogP contribution in [0.3, 0.4) is 0 Å². The van der Waals surface area contributed by atoms with Crippen LogP contribution in [-0.2, 0) is 0 Å². The summed E-state index contributed by atoms with van der Waals surface area (Å²) in [7, 11) is 0. The second-order valence-corrected chi connectivity index (χ2v) is 5.76. The van der Waals surface area contributed by atoms with E-state index >= 15 is 0 Å². The Kier molecular flexibility index (Phi) is 11.8. The van der Waals surface area contributed by atoms with Crippen LogP contribution in [0.1, 0.15) is 63.5 Å². The van der Waals surface area contributed by atoms with Crippen molar-refractivity contribution in [3.63, 3.8) is 0 Å². The predicted molar refractivity (Wildman–Crippen MR) is 94.9 cm³/mol. The summed E-state index contributed by atoms with van der Waals surface area (Å²) in [6.45, 7) is 8.63. The van der Waals surface area contributed by atoms with Crippen molar-refractivity contribution in [2.45, 2.75) is 52.4 Å². The molecule has 2 aromatic rings. The van der Waals surface area contributed by atoms with Crippen LogP contribution < -0.4 is 10.2 Å². The molecule has 0 heterocycles. The Labute approximate surface area is 181 Å². The van der Waals surface area contributed by atoms with Gasteiger partial charge in [-0.15, -0.1) is 11.5 Å². The van der Waals surface area contributed by atoms with Gasteiger partial charge in [0.1, 0.15) is 0 Å². The summed E-state index contributed by atoms with van der Waals surface area (Å²) in [5, 5.41) is 21.5. The third kappa shape index (κ3) is 8.32. The molecule has 2 unspecified atom stereocenters. The smallest absolute Gasteiger partial charge is 0.872 e. The van der Waals surface area contributed by atoms with Crippen molar-refractivity contribution < 1.29 is 10.2 Å². The largest absolute Gasteiger partial charge is 2.00 e. The van der Waals surface area contributed by atoms with E-state index in [2.05, 4.69) is 27.7 Å². The number of rotatable bonds is 4. The number of hydrogen-bond donors (Lipinski definition) is 0. The standard InChI is InChI=1S/2C10H14O.Ba/c2*1-3-8(2)9-4-6-10(11)7-5-9;/h2*4-8,11H,3H2,1-2H3;/q;;+2/p-2. The summed E-state index contributed by atoms with van der Waals surface area (Å²) in [4.78, 5) is 0. The summed E-state index contributed by atoms with van der Waals surface area (Å²) in [6, 6.07) is 14.2. The molecule has 0 saturated carbocycles. The fourth-order valence-corrected chi connectivity index (χ4v) is 2.06. The molecule has 2 atom stereocenters. The predicted octanol–water partition coefficient (Wildman–Crippen LogP) is 4.17. The van der Waals surface area contributed by atoms with Gasteiger partial charge in [0.2, 0.25) is 0 Å². The van der Waals surface area contributed by atoms with Crippen LogP contribution in [0.5, 0.6) is 11.5 Å². The average molecular weight is 436 g/mol. The molecule has 2 rings (SSSR count). The molecule has 120 valence electrons. The summed E-state index contributed by atoms with van der Waals surface area (Å²) >= 11 is 0. The monoisotopic (exact) mass is 436 g/mol. The van der Waals surface area contributed by atoms with Crippen molar-refractivity contribution in [2.24, 2.45) is 0 Å². The van der Waals surface area contributed by atoms with E-state index in [0.717, 1.165) is 12.8 Å². The first-order valence-electron chi connectivity index (χ1n) is 8.01. The third-order valence-corrected chi connectivity index (χ3v) is 4.12. The van der Waals surface area contributed by atoms with Crippen molar-refractivity contribution in [3.05, 3.63) is 59.7 Å². The third-order valence-electron chi connectivity index (χ3n) is 4.12. The fourth-order valence-electron chi connectivity index (χ4n) is 2.06. The number of hydrogen-bond acceptors (Lipinski definition) is 2. The van der Waals surface area contributed by atoms with Crippen LogP contribution >= 0.6 is 0 Å². The molecule has 0 spiro atoms. The van der Waals surface area contributed by atoms with Crippen molar-refractivity contribution in [1.29, 1.82) is 0 Å². The molecule has 0 saturated heterocycles. The zero-order valence-corrected chi connectivity index (χ0v) is 19.2. The van der Waals surface area contributed by atoms with Crippen LogP contribution in [-0.4, -0.2) is 48.9 Å². The fraction of sp³-hybridized carbons (Fsp3) is 0.400. The topological polar surface area (TPSA) is 46.1 Å². The van der Waals surface area contributed by atoms with E-state index in [1.807, 2.05) is 24.3 Å². The molecule has 0 aromatic heterocycles. The molecule has 23 heavy (non-hydrogen) atoms. The van der Waals surface area contributed by atoms with Gasteiger partial charge >= 0.3 is 48.9 Å². The molecule has 0 radical (unpaired) electrons. The quantitative estimate of drug-likeness (QED) is 0.677. The maximum atomic E-state index is 10.7. The summed E-state index contributed by atoms with van der Waals surface area (Å²) in [6.07, 6.45) is 2.25. The SMILES string of the molecule is CCC(C)c1ccc([O-])cc1.CCC(C)c1ccc([O-])cc1.[Ba+2]. The first-order chi connectivity index (χ1) is 10.5. The first kappa shape index (κ1) is 22.6. The molecule has 0 bridgehead atoms. The van der Waals surface area contributed by atoms with Crippen LogP contribution in [0, 0.1) is 0 Å². The van der Waals surface area contributed by atoms with E-state index < -0.39 is 0 Å². The maximum absolute atomic E-state index is 10.7. The van der Waals surface area contributed by atoms with E-state index in [1.54, 1.807) is 24.3 Å². The zero-order valence-electron chi connectivity index (χ0n) is 14.7. The summed E-state index contributed by atoms with van der Waals surface area (Å²) in [5.74, 6) is 1.32. The molecule has 3 heteroatoms. The Morgan fingerprint density at radius 3 is 1.13 bits per heavy atom. The maximum Gasteiger partial charge on any atom is 2.00 e. The van der Waals surface area contributed by atoms with Crippen molar-refractivity contribution in [2.75, 3.05) is 0 Å². The van der Waals surface area contributed by atoms with Crippen molar-refractivity contribution in [1.82, 2.24) is 0 Å². The Balaban J connectivity index is 0.000000403. The minimum Gasteiger partial charge on any atom is -0.872 e. The summed E-state index contributed by atoms with van der Waals surface area (Å²) in [5.41, 5.74) is 2.51.